The first-order valence-electron chi connectivity index (χ1n) is 7.66. The van der Waals surface area contributed by atoms with Gasteiger partial charge in [-0.3, -0.25) is 5.32 Å². The van der Waals surface area contributed by atoms with Gasteiger partial charge in [-0.2, -0.15) is 5.26 Å². The molecule has 0 fully saturated rings. The molecule has 0 saturated carbocycles. The Balaban J connectivity index is 2.42. The van der Waals surface area contributed by atoms with Crippen LogP contribution in [-0.2, 0) is 0 Å². The number of para-hydroxylation sites is 2. The molecule has 0 aromatic heterocycles. The summed E-state index contributed by atoms with van der Waals surface area (Å²) in [4.78, 5) is 0. The fraction of sp³-hybridized carbons (Fsp3) is 0.588. The van der Waals surface area contributed by atoms with Gasteiger partial charge in [0.15, 0.2) is 11.5 Å². The molecule has 1 rings (SSSR count). The third kappa shape index (κ3) is 6.05. The molecule has 0 amide bonds. The summed E-state index contributed by atoms with van der Waals surface area (Å²) < 4.78 is 11.3. The molecule has 1 aromatic rings. The van der Waals surface area contributed by atoms with E-state index >= 15 is 0 Å². The summed E-state index contributed by atoms with van der Waals surface area (Å²) in [6, 6.07) is 10.0. The number of benzene rings is 1. The van der Waals surface area contributed by atoms with Gasteiger partial charge in [0.1, 0.15) is 5.54 Å². The second-order valence-corrected chi connectivity index (χ2v) is 5.20. The van der Waals surface area contributed by atoms with Crippen LogP contribution in [0, 0.1) is 11.3 Å². The number of nitrogens with zero attached hydrogens (tertiary/aromatic N) is 1. The molecule has 0 heterocycles. The van der Waals surface area contributed by atoms with E-state index < -0.39 is 5.54 Å². The highest BCUT2D eigenvalue weighted by Crippen LogP contribution is 2.26. The monoisotopic (exact) mass is 290 g/mol. The zero-order chi connectivity index (χ0) is 15.6. The summed E-state index contributed by atoms with van der Waals surface area (Å²) in [6.07, 6.45) is 2.61. The summed E-state index contributed by atoms with van der Waals surface area (Å²) in [6.45, 7) is 8.05. The van der Waals surface area contributed by atoms with Crippen LogP contribution in [0.1, 0.15) is 40.0 Å². The van der Waals surface area contributed by atoms with Gasteiger partial charge in [0.25, 0.3) is 0 Å². The van der Waals surface area contributed by atoms with Gasteiger partial charge in [-0.25, -0.2) is 0 Å². The largest absolute Gasteiger partial charge is 0.490 e. The van der Waals surface area contributed by atoms with Crippen LogP contribution in [0.15, 0.2) is 24.3 Å². The topological polar surface area (TPSA) is 54.3 Å². The lowest BCUT2D eigenvalue weighted by Crippen LogP contribution is -2.41. The van der Waals surface area contributed by atoms with Crippen LogP contribution < -0.4 is 14.8 Å². The molecule has 0 spiro atoms. The molecule has 0 aliphatic rings. The van der Waals surface area contributed by atoms with Crippen molar-refractivity contribution in [2.24, 2.45) is 0 Å². The number of ether oxygens (including phenoxy) is 2. The first-order chi connectivity index (χ1) is 10.1. The fourth-order valence-electron chi connectivity index (χ4n) is 2.04. The fourth-order valence-corrected chi connectivity index (χ4v) is 2.04. The lowest BCUT2D eigenvalue weighted by atomic mass is 9.98. The van der Waals surface area contributed by atoms with Gasteiger partial charge < -0.3 is 9.47 Å². The van der Waals surface area contributed by atoms with Crippen molar-refractivity contribution in [2.45, 2.75) is 45.6 Å². The van der Waals surface area contributed by atoms with Crippen molar-refractivity contribution in [1.29, 1.82) is 5.26 Å². The van der Waals surface area contributed by atoms with Crippen molar-refractivity contribution < 1.29 is 9.47 Å². The minimum Gasteiger partial charge on any atom is -0.490 e. The SMILES string of the molecule is CCCNC(C)(C#N)CCCOc1ccccc1OCC. The maximum absolute atomic E-state index is 9.27. The minimum absolute atomic E-state index is 0.473. The zero-order valence-electron chi connectivity index (χ0n) is 13.3. The smallest absolute Gasteiger partial charge is 0.161 e. The van der Waals surface area contributed by atoms with Crippen LogP contribution in [0.25, 0.3) is 0 Å². The molecule has 0 radical (unpaired) electrons. The van der Waals surface area contributed by atoms with Gasteiger partial charge in [0, 0.05) is 0 Å². The van der Waals surface area contributed by atoms with Crippen molar-refractivity contribution in [1.82, 2.24) is 5.32 Å². The molecule has 1 atom stereocenters. The Hall–Kier alpha value is -1.73. The summed E-state index contributed by atoms with van der Waals surface area (Å²) >= 11 is 0. The second-order valence-electron chi connectivity index (χ2n) is 5.20. The molecule has 4 nitrogen and oxygen atoms in total. The van der Waals surface area contributed by atoms with Gasteiger partial charge >= 0.3 is 0 Å². The van der Waals surface area contributed by atoms with E-state index in [0.717, 1.165) is 37.3 Å². The zero-order valence-corrected chi connectivity index (χ0v) is 13.3. The Morgan fingerprint density at radius 2 is 1.86 bits per heavy atom. The third-order valence-electron chi connectivity index (χ3n) is 3.24. The Morgan fingerprint density at radius 3 is 2.43 bits per heavy atom. The van der Waals surface area contributed by atoms with E-state index in [-0.39, 0.29) is 0 Å². The van der Waals surface area contributed by atoms with Crippen LogP contribution in [-0.4, -0.2) is 25.3 Å². The van der Waals surface area contributed by atoms with Gasteiger partial charge in [0.05, 0.1) is 19.3 Å². The van der Waals surface area contributed by atoms with Gasteiger partial charge in [-0.15, -0.1) is 0 Å². The van der Waals surface area contributed by atoms with Crippen LogP contribution in [0.2, 0.25) is 0 Å². The third-order valence-corrected chi connectivity index (χ3v) is 3.24. The Labute approximate surface area is 128 Å². The van der Waals surface area contributed by atoms with E-state index in [1.807, 2.05) is 38.1 Å². The van der Waals surface area contributed by atoms with Crippen LogP contribution in [0.5, 0.6) is 11.5 Å². The number of rotatable bonds is 10. The summed E-state index contributed by atoms with van der Waals surface area (Å²) in [7, 11) is 0. The van der Waals surface area contributed by atoms with E-state index in [4.69, 9.17) is 9.47 Å². The number of hydrogen-bond acceptors (Lipinski definition) is 4. The predicted molar refractivity (Wildman–Crippen MR) is 84.7 cm³/mol. The standard InChI is InChI=1S/C17H26N2O2/c1-4-12-19-17(3,14-18)11-8-13-21-16-10-7-6-9-15(16)20-5-2/h6-7,9-10,19H,4-5,8,11-13H2,1-3H3. The molecular weight excluding hydrogens is 264 g/mol. The molecule has 21 heavy (non-hydrogen) atoms. The molecule has 116 valence electrons. The number of nitrogens with one attached hydrogen (secondary N) is 1. The minimum atomic E-state index is -0.473. The van der Waals surface area contributed by atoms with E-state index in [2.05, 4.69) is 18.3 Å². The maximum atomic E-state index is 9.27. The van der Waals surface area contributed by atoms with E-state index in [1.165, 1.54) is 0 Å². The van der Waals surface area contributed by atoms with Crippen molar-refractivity contribution in [3.8, 4) is 17.6 Å². The molecule has 0 aliphatic carbocycles. The van der Waals surface area contributed by atoms with Gasteiger partial charge in [0.2, 0.25) is 0 Å². The van der Waals surface area contributed by atoms with E-state index in [9.17, 15) is 5.26 Å². The highest BCUT2D eigenvalue weighted by atomic mass is 16.5. The van der Waals surface area contributed by atoms with Crippen molar-refractivity contribution in [2.75, 3.05) is 19.8 Å². The van der Waals surface area contributed by atoms with Gasteiger partial charge in [-0.05, 0) is 51.8 Å². The molecule has 0 bridgehead atoms. The summed E-state index contributed by atoms with van der Waals surface area (Å²) in [5.41, 5.74) is -0.473. The average molecular weight is 290 g/mol. The Morgan fingerprint density at radius 1 is 1.19 bits per heavy atom. The average Bonchev–Trinajstić information content (AvgIpc) is 2.51. The molecule has 1 aromatic carbocycles. The molecule has 1 N–H and O–H groups in total. The normalized spacial score (nSPS) is 13.2. The first-order valence-corrected chi connectivity index (χ1v) is 7.66. The van der Waals surface area contributed by atoms with Crippen molar-refractivity contribution >= 4 is 0 Å². The summed E-state index contributed by atoms with van der Waals surface area (Å²) in [5.74, 6) is 1.53. The van der Waals surface area contributed by atoms with Crippen LogP contribution in [0.3, 0.4) is 0 Å². The Kier molecular flexibility index (Phi) is 7.63. The van der Waals surface area contributed by atoms with Gasteiger partial charge in [-0.1, -0.05) is 19.1 Å². The molecule has 0 aliphatic heterocycles. The number of nitriles is 1. The van der Waals surface area contributed by atoms with Crippen LogP contribution in [0.4, 0.5) is 0 Å². The van der Waals surface area contributed by atoms with Crippen LogP contribution >= 0.6 is 0 Å². The quantitative estimate of drug-likeness (QED) is 0.670. The van der Waals surface area contributed by atoms with Crippen molar-refractivity contribution in [3.05, 3.63) is 24.3 Å². The molecule has 0 saturated heterocycles. The van der Waals surface area contributed by atoms with E-state index in [1.54, 1.807) is 0 Å². The Bertz CT molecular complexity index is 456. The summed E-state index contributed by atoms with van der Waals surface area (Å²) in [5, 5.41) is 12.6. The highest BCUT2D eigenvalue weighted by molar-refractivity contribution is 5.39. The molecular formula is C17H26N2O2. The first kappa shape index (κ1) is 17.3. The second kappa shape index (κ2) is 9.25. The molecule has 4 heteroatoms. The molecule has 1 unspecified atom stereocenters. The maximum Gasteiger partial charge on any atom is 0.161 e. The van der Waals surface area contributed by atoms with E-state index in [0.29, 0.717) is 13.2 Å². The lowest BCUT2D eigenvalue weighted by Gasteiger charge is -2.23. The predicted octanol–water partition coefficient (Wildman–Crippen LogP) is 3.53. The van der Waals surface area contributed by atoms with Crippen molar-refractivity contribution in [3.63, 3.8) is 0 Å². The lowest BCUT2D eigenvalue weighted by molar-refractivity contribution is 0.260. The number of hydrogen-bond donors (Lipinski definition) is 1. The highest BCUT2D eigenvalue weighted by Gasteiger charge is 2.21.